The van der Waals surface area contributed by atoms with Crippen LogP contribution in [-0.2, 0) is 9.53 Å². The molecular formula is C21H17ClN2O3. The van der Waals surface area contributed by atoms with Crippen LogP contribution in [0.5, 0.6) is 0 Å². The molecule has 0 aliphatic carbocycles. The van der Waals surface area contributed by atoms with Gasteiger partial charge in [0.25, 0.3) is 5.91 Å². The highest BCUT2D eigenvalue weighted by atomic mass is 35.5. The van der Waals surface area contributed by atoms with E-state index in [0.717, 1.165) is 11.1 Å². The second-order valence-electron chi connectivity index (χ2n) is 5.80. The van der Waals surface area contributed by atoms with Crippen LogP contribution < -0.4 is 11.1 Å². The fraction of sp³-hybridized carbons (Fsp3) is 0.0476. The van der Waals surface area contributed by atoms with Crippen molar-refractivity contribution in [3.63, 3.8) is 0 Å². The van der Waals surface area contributed by atoms with Gasteiger partial charge in [-0.2, -0.15) is 0 Å². The van der Waals surface area contributed by atoms with Crippen molar-refractivity contribution in [1.82, 2.24) is 0 Å². The number of benzene rings is 3. The molecule has 0 fully saturated rings. The van der Waals surface area contributed by atoms with Crippen LogP contribution in [0.3, 0.4) is 0 Å². The standard InChI is InChI=1S/C21H17ClN2O3/c22-18-11-8-16(12-19(18)23)21(26)27-13-20(25)24-17-9-6-15(7-10-17)14-4-2-1-3-5-14/h1-12H,13,23H2,(H,24,25). The molecule has 0 radical (unpaired) electrons. The summed E-state index contributed by atoms with van der Waals surface area (Å²) in [5, 5.41) is 3.04. The van der Waals surface area contributed by atoms with Crippen LogP contribution in [0.15, 0.2) is 72.8 Å². The fourth-order valence-corrected chi connectivity index (χ4v) is 2.58. The van der Waals surface area contributed by atoms with E-state index < -0.39 is 18.5 Å². The number of carbonyl (C=O) groups is 2. The molecular weight excluding hydrogens is 364 g/mol. The average molecular weight is 381 g/mol. The Labute approximate surface area is 161 Å². The van der Waals surface area contributed by atoms with E-state index in [4.69, 9.17) is 22.1 Å². The summed E-state index contributed by atoms with van der Waals surface area (Å²) in [5.41, 5.74) is 8.91. The van der Waals surface area contributed by atoms with Gasteiger partial charge >= 0.3 is 5.97 Å². The number of hydrogen-bond donors (Lipinski definition) is 2. The quantitative estimate of drug-likeness (QED) is 0.508. The largest absolute Gasteiger partial charge is 0.452 e. The number of hydrogen-bond acceptors (Lipinski definition) is 4. The van der Waals surface area contributed by atoms with E-state index in [2.05, 4.69) is 5.32 Å². The number of carbonyl (C=O) groups excluding carboxylic acids is 2. The maximum atomic E-state index is 12.0. The van der Waals surface area contributed by atoms with Gasteiger partial charge in [0.15, 0.2) is 6.61 Å². The molecule has 0 saturated heterocycles. The van der Waals surface area contributed by atoms with Crippen molar-refractivity contribution in [3.05, 3.63) is 83.4 Å². The minimum absolute atomic E-state index is 0.233. The number of rotatable bonds is 5. The van der Waals surface area contributed by atoms with Crippen LogP contribution in [0.4, 0.5) is 11.4 Å². The molecule has 3 aromatic rings. The Hall–Kier alpha value is -3.31. The topological polar surface area (TPSA) is 81.4 Å². The summed E-state index contributed by atoms with van der Waals surface area (Å²) in [7, 11) is 0. The minimum atomic E-state index is -0.645. The molecule has 6 heteroatoms. The van der Waals surface area contributed by atoms with Crippen LogP contribution in [0.1, 0.15) is 10.4 Å². The van der Waals surface area contributed by atoms with Crippen LogP contribution in [0.2, 0.25) is 5.02 Å². The highest BCUT2D eigenvalue weighted by molar-refractivity contribution is 6.33. The van der Waals surface area contributed by atoms with E-state index in [9.17, 15) is 9.59 Å². The summed E-state index contributed by atoms with van der Waals surface area (Å²) in [6.07, 6.45) is 0. The molecule has 0 atom stereocenters. The van der Waals surface area contributed by atoms with E-state index in [1.807, 2.05) is 42.5 Å². The van der Waals surface area contributed by atoms with Gasteiger partial charge < -0.3 is 15.8 Å². The number of amides is 1. The highest BCUT2D eigenvalue weighted by Gasteiger charge is 2.12. The molecule has 3 rings (SSSR count). The van der Waals surface area contributed by atoms with Gasteiger partial charge in [-0.15, -0.1) is 0 Å². The number of nitrogens with two attached hydrogens (primary N) is 1. The number of anilines is 2. The summed E-state index contributed by atoms with van der Waals surface area (Å²) in [4.78, 5) is 24.0. The Morgan fingerprint density at radius 2 is 1.59 bits per heavy atom. The number of nitrogen functional groups attached to an aromatic ring is 1. The molecule has 0 saturated carbocycles. The van der Waals surface area contributed by atoms with Gasteiger partial charge in [0.2, 0.25) is 0 Å². The number of halogens is 1. The zero-order chi connectivity index (χ0) is 19.2. The molecule has 0 aliphatic rings. The Kier molecular flexibility index (Phi) is 5.74. The summed E-state index contributed by atoms with van der Waals surface area (Å²) in [5.74, 6) is -1.08. The van der Waals surface area contributed by atoms with Gasteiger partial charge in [0, 0.05) is 5.69 Å². The van der Waals surface area contributed by atoms with E-state index in [1.165, 1.54) is 18.2 Å². The van der Waals surface area contributed by atoms with Gasteiger partial charge in [0.05, 0.1) is 16.3 Å². The second-order valence-corrected chi connectivity index (χ2v) is 6.21. The molecule has 3 N–H and O–H groups in total. The first-order valence-electron chi connectivity index (χ1n) is 8.20. The van der Waals surface area contributed by atoms with Crippen molar-refractivity contribution in [2.24, 2.45) is 0 Å². The normalized spacial score (nSPS) is 10.3. The molecule has 0 heterocycles. The van der Waals surface area contributed by atoms with Crippen molar-refractivity contribution in [2.75, 3.05) is 17.7 Å². The first kappa shape index (κ1) is 18.5. The van der Waals surface area contributed by atoms with Gasteiger partial charge in [-0.3, -0.25) is 4.79 Å². The zero-order valence-electron chi connectivity index (χ0n) is 14.3. The molecule has 0 unspecified atom stereocenters. The van der Waals surface area contributed by atoms with E-state index in [1.54, 1.807) is 12.1 Å². The van der Waals surface area contributed by atoms with Gasteiger partial charge in [-0.1, -0.05) is 54.1 Å². The summed E-state index contributed by atoms with van der Waals surface area (Å²) in [6, 6.07) is 21.7. The van der Waals surface area contributed by atoms with Crippen molar-refractivity contribution in [1.29, 1.82) is 0 Å². The third-order valence-electron chi connectivity index (χ3n) is 3.84. The number of nitrogens with one attached hydrogen (secondary N) is 1. The van der Waals surface area contributed by atoms with Crippen molar-refractivity contribution in [2.45, 2.75) is 0 Å². The minimum Gasteiger partial charge on any atom is -0.452 e. The third-order valence-corrected chi connectivity index (χ3v) is 4.19. The second kappa shape index (κ2) is 8.38. The lowest BCUT2D eigenvalue weighted by Crippen LogP contribution is -2.21. The lowest BCUT2D eigenvalue weighted by Gasteiger charge is -2.08. The zero-order valence-corrected chi connectivity index (χ0v) is 15.1. The van der Waals surface area contributed by atoms with Gasteiger partial charge in [-0.25, -0.2) is 4.79 Å². The maximum absolute atomic E-state index is 12.0. The van der Waals surface area contributed by atoms with Crippen molar-refractivity contribution >= 4 is 34.9 Å². The van der Waals surface area contributed by atoms with Crippen LogP contribution in [0.25, 0.3) is 11.1 Å². The molecule has 1 amide bonds. The van der Waals surface area contributed by atoms with E-state index >= 15 is 0 Å². The van der Waals surface area contributed by atoms with E-state index in [-0.39, 0.29) is 11.3 Å². The fourth-order valence-electron chi connectivity index (χ4n) is 2.46. The number of esters is 1. The Morgan fingerprint density at radius 3 is 2.26 bits per heavy atom. The van der Waals surface area contributed by atoms with Crippen LogP contribution in [0, 0.1) is 0 Å². The first-order valence-corrected chi connectivity index (χ1v) is 8.58. The van der Waals surface area contributed by atoms with Crippen LogP contribution in [-0.4, -0.2) is 18.5 Å². The molecule has 0 aliphatic heterocycles. The predicted molar refractivity (Wildman–Crippen MR) is 107 cm³/mol. The molecule has 0 spiro atoms. The molecule has 27 heavy (non-hydrogen) atoms. The monoisotopic (exact) mass is 380 g/mol. The summed E-state index contributed by atoms with van der Waals surface area (Å²) in [6.45, 7) is -0.401. The highest BCUT2D eigenvalue weighted by Crippen LogP contribution is 2.21. The smallest absolute Gasteiger partial charge is 0.338 e. The molecule has 0 aromatic heterocycles. The van der Waals surface area contributed by atoms with Crippen molar-refractivity contribution in [3.8, 4) is 11.1 Å². The van der Waals surface area contributed by atoms with Gasteiger partial charge in [0.1, 0.15) is 0 Å². The third kappa shape index (κ3) is 4.86. The molecule has 3 aromatic carbocycles. The summed E-state index contributed by atoms with van der Waals surface area (Å²) < 4.78 is 5.00. The predicted octanol–water partition coefficient (Wildman–Crippen LogP) is 4.38. The Balaban J connectivity index is 1.54. The first-order chi connectivity index (χ1) is 13.0. The molecule has 0 bridgehead atoms. The summed E-state index contributed by atoms with van der Waals surface area (Å²) >= 11 is 5.81. The van der Waals surface area contributed by atoms with Crippen molar-refractivity contribution < 1.29 is 14.3 Å². The molecule has 5 nitrogen and oxygen atoms in total. The van der Waals surface area contributed by atoms with Gasteiger partial charge in [-0.05, 0) is 41.5 Å². The lowest BCUT2D eigenvalue weighted by molar-refractivity contribution is -0.119. The Morgan fingerprint density at radius 1 is 0.926 bits per heavy atom. The lowest BCUT2D eigenvalue weighted by atomic mass is 10.1. The number of ether oxygens (including phenoxy) is 1. The average Bonchev–Trinajstić information content (AvgIpc) is 2.69. The van der Waals surface area contributed by atoms with Crippen LogP contribution >= 0.6 is 11.6 Å². The Bertz CT molecular complexity index is 957. The maximum Gasteiger partial charge on any atom is 0.338 e. The van der Waals surface area contributed by atoms with E-state index in [0.29, 0.717) is 10.7 Å². The SMILES string of the molecule is Nc1cc(C(=O)OCC(=O)Nc2ccc(-c3ccccc3)cc2)ccc1Cl. The molecule has 136 valence electrons.